The first-order valence-electron chi connectivity index (χ1n) is 11.3. The molecule has 2 heterocycles. The van der Waals surface area contributed by atoms with Crippen molar-refractivity contribution in [2.24, 2.45) is 5.73 Å². The zero-order valence-electron chi connectivity index (χ0n) is 20.0. The average molecular weight is 480 g/mol. The van der Waals surface area contributed by atoms with Gasteiger partial charge in [0.15, 0.2) is 5.79 Å². The number of rotatable bonds is 7. The highest BCUT2D eigenvalue weighted by molar-refractivity contribution is 5.95. The number of nitrogens with zero attached hydrogens (tertiary/aromatic N) is 1. The van der Waals surface area contributed by atoms with Gasteiger partial charge in [-0.15, -0.1) is 0 Å². The number of para-hydroxylation sites is 1. The van der Waals surface area contributed by atoms with Crippen LogP contribution in [-0.2, 0) is 26.3 Å². The fourth-order valence-electron chi connectivity index (χ4n) is 4.35. The summed E-state index contributed by atoms with van der Waals surface area (Å²) in [5, 5.41) is 10.2. The topological polar surface area (TPSA) is 133 Å². The van der Waals surface area contributed by atoms with E-state index in [-0.39, 0.29) is 31.8 Å². The minimum Gasteiger partial charge on any atom is -0.489 e. The maximum Gasteiger partial charge on any atom is 0.249 e. The van der Waals surface area contributed by atoms with Gasteiger partial charge in [-0.2, -0.15) is 0 Å². The van der Waals surface area contributed by atoms with Crippen LogP contribution in [-0.4, -0.2) is 41.0 Å². The number of nitrogens with two attached hydrogens (primary N) is 1. The maximum absolute atomic E-state index is 12.3. The minimum atomic E-state index is -1.06. The quantitative estimate of drug-likeness (QED) is 0.350. The van der Waals surface area contributed by atoms with Crippen LogP contribution in [0.2, 0.25) is 0 Å². The van der Waals surface area contributed by atoms with Crippen LogP contribution in [0, 0.1) is 6.92 Å². The van der Waals surface area contributed by atoms with E-state index in [1.807, 2.05) is 37.3 Å². The van der Waals surface area contributed by atoms with E-state index < -0.39 is 23.0 Å². The fraction of sp³-hybridized carbons (Fsp3) is 0.346. The Morgan fingerprint density at radius 1 is 1.14 bits per heavy atom. The Hall–Kier alpha value is -3.53. The number of pyridine rings is 1. The van der Waals surface area contributed by atoms with Crippen LogP contribution in [0.5, 0.6) is 5.75 Å². The molecule has 9 heteroatoms. The van der Waals surface area contributed by atoms with Gasteiger partial charge in [-0.25, -0.2) is 5.48 Å². The van der Waals surface area contributed by atoms with Gasteiger partial charge in [0.05, 0.1) is 24.1 Å². The van der Waals surface area contributed by atoms with E-state index in [9.17, 15) is 14.8 Å². The van der Waals surface area contributed by atoms with Gasteiger partial charge in [-0.05, 0) is 56.7 Å². The predicted octanol–water partition coefficient (Wildman–Crippen LogP) is 3.14. The molecule has 4 N–H and O–H groups in total. The van der Waals surface area contributed by atoms with Gasteiger partial charge < -0.3 is 19.9 Å². The molecule has 0 unspecified atom stereocenters. The van der Waals surface area contributed by atoms with Crippen molar-refractivity contribution < 1.29 is 29.0 Å². The summed E-state index contributed by atoms with van der Waals surface area (Å²) in [7, 11) is 0. The van der Waals surface area contributed by atoms with Crippen LogP contribution in [0.4, 0.5) is 0 Å². The molecule has 0 saturated carbocycles. The first-order valence-corrected chi connectivity index (χ1v) is 11.3. The summed E-state index contributed by atoms with van der Waals surface area (Å²) in [5.74, 6) is -1.68. The lowest BCUT2D eigenvalue weighted by atomic mass is 9.75. The Morgan fingerprint density at radius 2 is 1.86 bits per heavy atom. The number of ether oxygens (including phenoxy) is 3. The number of hydroxylamine groups is 1. The molecule has 2 amide bonds. The standard InChI is InChI=1S/C26H29N3O6/c1-16-10-17(19-6-4-5-7-22(19)28-16)13-33-18-8-9-20(24(27)31)21(11-18)26(12-23(30)29-32)14-34-25(2,3)35-15-26/h4-11,32H,12-15H2,1-3H3,(H2,27,31)(H,29,30). The summed E-state index contributed by atoms with van der Waals surface area (Å²) < 4.78 is 17.9. The first kappa shape index (κ1) is 24.6. The Bertz CT molecular complexity index is 1260. The SMILES string of the molecule is Cc1cc(COc2ccc(C(N)=O)c(C3(CC(=O)NO)COC(C)(C)OC3)c2)c2ccccc2n1. The highest BCUT2D eigenvalue weighted by Gasteiger charge is 2.45. The molecule has 1 aliphatic rings. The number of primary amides is 1. The van der Waals surface area contributed by atoms with Crippen molar-refractivity contribution in [3.63, 3.8) is 0 Å². The zero-order valence-corrected chi connectivity index (χ0v) is 20.0. The van der Waals surface area contributed by atoms with Gasteiger partial charge in [0.25, 0.3) is 0 Å². The number of fused-ring (bicyclic) bond motifs is 1. The Balaban J connectivity index is 1.71. The molecule has 2 aromatic carbocycles. The monoisotopic (exact) mass is 479 g/mol. The number of aromatic nitrogens is 1. The summed E-state index contributed by atoms with van der Waals surface area (Å²) in [6, 6.07) is 14.7. The molecular formula is C26H29N3O6. The first-order chi connectivity index (χ1) is 16.6. The molecule has 0 bridgehead atoms. The third-order valence-corrected chi connectivity index (χ3v) is 6.17. The second-order valence-corrected chi connectivity index (χ2v) is 9.27. The normalized spacial score (nSPS) is 16.6. The Kier molecular flexibility index (Phi) is 6.75. The van der Waals surface area contributed by atoms with Crippen molar-refractivity contribution in [1.29, 1.82) is 0 Å². The molecule has 0 atom stereocenters. The van der Waals surface area contributed by atoms with Crippen LogP contribution in [0.15, 0.2) is 48.5 Å². The van der Waals surface area contributed by atoms with Crippen LogP contribution in [0.3, 0.4) is 0 Å². The van der Waals surface area contributed by atoms with E-state index in [4.69, 9.17) is 19.9 Å². The lowest BCUT2D eigenvalue weighted by molar-refractivity contribution is -0.270. The molecule has 9 nitrogen and oxygen atoms in total. The number of benzene rings is 2. The van der Waals surface area contributed by atoms with Gasteiger partial charge in [0.2, 0.25) is 11.8 Å². The van der Waals surface area contributed by atoms with E-state index >= 15 is 0 Å². The lowest BCUT2D eigenvalue weighted by Gasteiger charge is -2.44. The third-order valence-electron chi connectivity index (χ3n) is 6.17. The van der Waals surface area contributed by atoms with Crippen LogP contribution in [0.1, 0.15) is 47.4 Å². The lowest BCUT2D eigenvalue weighted by Crippen LogP contribution is -2.51. The highest BCUT2D eigenvalue weighted by atomic mass is 16.7. The number of nitrogens with one attached hydrogen (secondary N) is 1. The van der Waals surface area contributed by atoms with Gasteiger partial charge in [0.1, 0.15) is 12.4 Å². The summed E-state index contributed by atoms with van der Waals surface area (Å²) in [6.45, 7) is 5.87. The van der Waals surface area contributed by atoms with Gasteiger partial charge in [-0.3, -0.25) is 19.8 Å². The fourth-order valence-corrected chi connectivity index (χ4v) is 4.35. The van der Waals surface area contributed by atoms with E-state index in [1.165, 1.54) is 0 Å². The smallest absolute Gasteiger partial charge is 0.249 e. The zero-order chi connectivity index (χ0) is 25.2. The van der Waals surface area contributed by atoms with Gasteiger partial charge in [-0.1, -0.05) is 18.2 Å². The van der Waals surface area contributed by atoms with E-state index in [2.05, 4.69) is 4.98 Å². The van der Waals surface area contributed by atoms with Gasteiger partial charge in [0, 0.05) is 28.6 Å². The predicted molar refractivity (Wildman–Crippen MR) is 128 cm³/mol. The molecular weight excluding hydrogens is 450 g/mol. The van der Waals surface area contributed by atoms with Crippen molar-refractivity contribution >= 4 is 22.7 Å². The second-order valence-electron chi connectivity index (χ2n) is 9.27. The molecule has 1 aliphatic heterocycles. The van der Waals surface area contributed by atoms with E-state index in [0.717, 1.165) is 22.2 Å². The van der Waals surface area contributed by atoms with Crippen LogP contribution >= 0.6 is 0 Å². The van der Waals surface area contributed by atoms with E-state index in [0.29, 0.717) is 11.3 Å². The minimum absolute atomic E-state index is 0.0747. The molecule has 0 aliphatic carbocycles. The molecule has 0 radical (unpaired) electrons. The van der Waals surface area contributed by atoms with Crippen molar-refractivity contribution in [3.05, 3.63) is 70.9 Å². The number of carbonyl (C=O) groups is 2. The maximum atomic E-state index is 12.3. The molecule has 1 aromatic heterocycles. The van der Waals surface area contributed by atoms with Gasteiger partial charge >= 0.3 is 0 Å². The molecule has 184 valence electrons. The summed E-state index contributed by atoms with van der Waals surface area (Å²) >= 11 is 0. The Morgan fingerprint density at radius 3 is 2.54 bits per heavy atom. The molecule has 0 spiro atoms. The average Bonchev–Trinajstić information content (AvgIpc) is 2.83. The molecule has 1 saturated heterocycles. The number of amides is 2. The number of carbonyl (C=O) groups excluding carboxylic acids is 2. The summed E-state index contributed by atoms with van der Waals surface area (Å²) in [5.41, 5.74) is 9.66. The summed E-state index contributed by atoms with van der Waals surface area (Å²) in [6.07, 6.45) is -0.183. The van der Waals surface area contributed by atoms with E-state index in [1.54, 1.807) is 37.5 Å². The Labute approximate surface area is 203 Å². The molecule has 3 aromatic rings. The highest BCUT2D eigenvalue weighted by Crippen LogP contribution is 2.39. The van der Waals surface area contributed by atoms with Crippen molar-refractivity contribution in [2.45, 2.75) is 45.0 Å². The third kappa shape index (κ3) is 5.27. The van der Waals surface area contributed by atoms with Crippen molar-refractivity contribution in [2.75, 3.05) is 13.2 Å². The number of hydrogen-bond acceptors (Lipinski definition) is 7. The second kappa shape index (κ2) is 9.61. The van der Waals surface area contributed by atoms with Crippen LogP contribution in [0.25, 0.3) is 10.9 Å². The molecule has 4 rings (SSSR count). The van der Waals surface area contributed by atoms with Crippen molar-refractivity contribution in [1.82, 2.24) is 10.5 Å². The number of aryl methyl sites for hydroxylation is 1. The summed E-state index contributed by atoms with van der Waals surface area (Å²) in [4.78, 5) is 29.1. The molecule has 35 heavy (non-hydrogen) atoms. The van der Waals surface area contributed by atoms with Crippen LogP contribution < -0.4 is 16.0 Å². The molecule has 1 fully saturated rings. The van der Waals surface area contributed by atoms with Crippen molar-refractivity contribution in [3.8, 4) is 5.75 Å². The largest absolute Gasteiger partial charge is 0.489 e. The number of hydrogen-bond donors (Lipinski definition) is 3.